The molecule has 1 aliphatic rings. The highest BCUT2D eigenvalue weighted by Crippen LogP contribution is 2.23. The second kappa shape index (κ2) is 6.01. The number of halogens is 2. The molecule has 1 atom stereocenters. The Bertz CT molecular complexity index is 721. The zero-order valence-corrected chi connectivity index (χ0v) is 12.8. The molecule has 0 saturated carbocycles. The fraction of sp³-hybridized carbons (Fsp3) is 0.308. The number of aromatic nitrogens is 2. The molecule has 0 bridgehead atoms. The van der Waals surface area contributed by atoms with Gasteiger partial charge in [0.2, 0.25) is 0 Å². The van der Waals surface area contributed by atoms with Gasteiger partial charge in [-0.05, 0) is 17.1 Å². The van der Waals surface area contributed by atoms with Crippen molar-refractivity contribution in [3.8, 4) is 6.01 Å². The standard InChI is InChI=1S/C13H11BrFN3O4/c14-9-2-1-8(11(15)3-9)6-21-10-4-17-5-12(18(19)20)16-13(17)22-7-10/h1-3,5,10H,4,6-7H2. The Balaban J connectivity index is 1.64. The van der Waals surface area contributed by atoms with Crippen molar-refractivity contribution in [2.45, 2.75) is 19.3 Å². The van der Waals surface area contributed by atoms with E-state index in [1.54, 1.807) is 12.1 Å². The predicted molar refractivity (Wildman–Crippen MR) is 77.1 cm³/mol. The van der Waals surface area contributed by atoms with Crippen LogP contribution in [0.2, 0.25) is 0 Å². The Labute approximate surface area is 132 Å². The van der Waals surface area contributed by atoms with Gasteiger partial charge >= 0.3 is 11.8 Å². The third-order valence-electron chi connectivity index (χ3n) is 3.20. The molecule has 0 amide bonds. The second-order valence-electron chi connectivity index (χ2n) is 4.77. The van der Waals surface area contributed by atoms with E-state index in [2.05, 4.69) is 20.9 Å². The van der Waals surface area contributed by atoms with Crippen LogP contribution in [-0.2, 0) is 17.9 Å². The maximum atomic E-state index is 13.7. The first kappa shape index (κ1) is 14.9. The first-order valence-corrected chi connectivity index (χ1v) is 7.22. The SMILES string of the molecule is O=[N+]([O-])c1cn2c(n1)OCC(OCc1ccc(Br)cc1F)C2. The number of nitro groups is 1. The molecule has 22 heavy (non-hydrogen) atoms. The van der Waals surface area contributed by atoms with Gasteiger partial charge in [0.25, 0.3) is 0 Å². The summed E-state index contributed by atoms with van der Waals surface area (Å²) in [7, 11) is 0. The smallest absolute Gasteiger partial charge is 0.414 e. The molecule has 0 N–H and O–H groups in total. The minimum atomic E-state index is -0.582. The molecule has 0 spiro atoms. The van der Waals surface area contributed by atoms with Crippen LogP contribution in [0.4, 0.5) is 10.2 Å². The summed E-state index contributed by atoms with van der Waals surface area (Å²) >= 11 is 3.19. The molecule has 3 rings (SSSR count). The molecule has 2 heterocycles. The summed E-state index contributed by atoms with van der Waals surface area (Å²) in [5.74, 6) is -0.625. The van der Waals surface area contributed by atoms with E-state index in [1.165, 1.54) is 16.8 Å². The van der Waals surface area contributed by atoms with Crippen LogP contribution in [0.25, 0.3) is 0 Å². The third-order valence-corrected chi connectivity index (χ3v) is 3.70. The summed E-state index contributed by atoms with van der Waals surface area (Å²) in [4.78, 5) is 13.8. The van der Waals surface area contributed by atoms with E-state index in [4.69, 9.17) is 9.47 Å². The highest BCUT2D eigenvalue weighted by atomic mass is 79.9. The molecule has 116 valence electrons. The lowest BCUT2D eigenvalue weighted by Crippen LogP contribution is -2.32. The predicted octanol–water partition coefficient (Wildman–Crippen LogP) is 2.67. The van der Waals surface area contributed by atoms with Crippen molar-refractivity contribution in [1.29, 1.82) is 0 Å². The number of fused-ring (bicyclic) bond motifs is 1. The van der Waals surface area contributed by atoms with Gasteiger partial charge in [-0.2, -0.15) is 0 Å². The number of benzene rings is 1. The van der Waals surface area contributed by atoms with Crippen LogP contribution < -0.4 is 4.74 Å². The van der Waals surface area contributed by atoms with Crippen molar-refractivity contribution in [2.24, 2.45) is 0 Å². The lowest BCUT2D eigenvalue weighted by molar-refractivity contribution is -0.389. The first-order valence-electron chi connectivity index (χ1n) is 6.43. The number of hydrogen-bond acceptors (Lipinski definition) is 5. The average Bonchev–Trinajstić information content (AvgIpc) is 2.89. The number of ether oxygens (including phenoxy) is 2. The van der Waals surface area contributed by atoms with Gasteiger partial charge in [-0.15, -0.1) is 0 Å². The van der Waals surface area contributed by atoms with Crippen LogP contribution in [-0.4, -0.2) is 27.2 Å². The molecule has 2 aromatic rings. The van der Waals surface area contributed by atoms with Crippen molar-refractivity contribution in [3.63, 3.8) is 0 Å². The molecule has 0 aliphatic carbocycles. The van der Waals surface area contributed by atoms with Gasteiger partial charge in [-0.3, -0.25) is 4.57 Å². The maximum Gasteiger partial charge on any atom is 0.414 e. The Morgan fingerprint density at radius 1 is 1.59 bits per heavy atom. The van der Waals surface area contributed by atoms with E-state index in [0.29, 0.717) is 16.6 Å². The molecule has 1 aromatic heterocycles. The molecule has 0 fully saturated rings. The van der Waals surface area contributed by atoms with E-state index in [1.807, 2.05) is 0 Å². The van der Waals surface area contributed by atoms with Crippen LogP contribution in [0.1, 0.15) is 5.56 Å². The van der Waals surface area contributed by atoms with Gasteiger partial charge in [0.1, 0.15) is 24.7 Å². The highest BCUT2D eigenvalue weighted by Gasteiger charge is 2.28. The van der Waals surface area contributed by atoms with Crippen molar-refractivity contribution in [2.75, 3.05) is 6.61 Å². The van der Waals surface area contributed by atoms with Crippen molar-refractivity contribution in [1.82, 2.24) is 9.55 Å². The van der Waals surface area contributed by atoms with Crippen LogP contribution in [0.3, 0.4) is 0 Å². The lowest BCUT2D eigenvalue weighted by Gasteiger charge is -2.22. The molecular weight excluding hydrogens is 361 g/mol. The minimum Gasteiger partial charge on any atom is -0.443 e. The largest absolute Gasteiger partial charge is 0.443 e. The molecule has 1 unspecified atom stereocenters. The maximum absolute atomic E-state index is 13.7. The Morgan fingerprint density at radius 2 is 2.41 bits per heavy atom. The van der Waals surface area contributed by atoms with E-state index >= 15 is 0 Å². The quantitative estimate of drug-likeness (QED) is 0.609. The number of imidazole rings is 1. The summed E-state index contributed by atoms with van der Waals surface area (Å²) in [6, 6.07) is 4.93. The molecule has 1 aliphatic heterocycles. The zero-order chi connectivity index (χ0) is 15.7. The van der Waals surface area contributed by atoms with E-state index < -0.39 is 4.92 Å². The highest BCUT2D eigenvalue weighted by molar-refractivity contribution is 9.10. The van der Waals surface area contributed by atoms with E-state index in [9.17, 15) is 14.5 Å². The van der Waals surface area contributed by atoms with Crippen LogP contribution >= 0.6 is 15.9 Å². The molecule has 0 radical (unpaired) electrons. The summed E-state index contributed by atoms with van der Waals surface area (Å²) in [5, 5.41) is 10.7. The molecule has 9 heteroatoms. The van der Waals surface area contributed by atoms with Gasteiger partial charge in [-0.25, -0.2) is 4.39 Å². The lowest BCUT2D eigenvalue weighted by atomic mass is 10.2. The summed E-state index contributed by atoms with van der Waals surface area (Å²) < 4.78 is 26.8. The van der Waals surface area contributed by atoms with Crippen molar-refractivity contribution >= 4 is 21.7 Å². The van der Waals surface area contributed by atoms with Crippen LogP contribution in [0.5, 0.6) is 6.01 Å². The molecular formula is C13H11BrFN3O4. The van der Waals surface area contributed by atoms with Crippen LogP contribution in [0.15, 0.2) is 28.9 Å². The molecule has 1 aromatic carbocycles. The van der Waals surface area contributed by atoms with Gasteiger partial charge in [-0.1, -0.05) is 22.0 Å². The number of rotatable bonds is 4. The average molecular weight is 372 g/mol. The van der Waals surface area contributed by atoms with Crippen molar-refractivity contribution < 1.29 is 18.8 Å². The number of nitrogens with zero attached hydrogens (tertiary/aromatic N) is 3. The van der Waals surface area contributed by atoms with Crippen LogP contribution in [0, 0.1) is 15.9 Å². The Morgan fingerprint density at radius 3 is 3.14 bits per heavy atom. The van der Waals surface area contributed by atoms with Crippen molar-refractivity contribution in [3.05, 3.63) is 50.4 Å². The third kappa shape index (κ3) is 3.09. The number of hydrogen-bond donors (Lipinski definition) is 0. The zero-order valence-electron chi connectivity index (χ0n) is 11.2. The Hall–Kier alpha value is -2.00. The van der Waals surface area contributed by atoms with Gasteiger partial charge in [0, 0.05) is 15.0 Å². The molecule has 0 saturated heterocycles. The summed E-state index contributed by atoms with van der Waals surface area (Å²) in [5.41, 5.74) is 0.436. The first-order chi connectivity index (χ1) is 10.5. The Kier molecular flexibility index (Phi) is 4.08. The minimum absolute atomic E-state index is 0.0965. The summed E-state index contributed by atoms with van der Waals surface area (Å²) in [6.45, 7) is 0.680. The topological polar surface area (TPSA) is 79.4 Å². The second-order valence-corrected chi connectivity index (χ2v) is 5.69. The van der Waals surface area contributed by atoms with Gasteiger partial charge in [0.15, 0.2) is 0 Å². The van der Waals surface area contributed by atoms with E-state index in [-0.39, 0.29) is 37.0 Å². The normalized spacial score (nSPS) is 16.9. The fourth-order valence-corrected chi connectivity index (χ4v) is 2.44. The summed E-state index contributed by atoms with van der Waals surface area (Å²) in [6.07, 6.45) is 0.967. The van der Waals surface area contributed by atoms with Gasteiger partial charge < -0.3 is 19.6 Å². The molecule has 7 nitrogen and oxygen atoms in total. The van der Waals surface area contributed by atoms with E-state index in [0.717, 1.165) is 0 Å². The monoisotopic (exact) mass is 371 g/mol. The van der Waals surface area contributed by atoms with Gasteiger partial charge in [0.05, 0.1) is 13.2 Å². The fourth-order valence-electron chi connectivity index (χ4n) is 2.11.